The molecule has 4 heteroatoms. The summed E-state index contributed by atoms with van der Waals surface area (Å²) in [6, 6.07) is 0. The molecule has 0 saturated heterocycles. The van der Waals surface area contributed by atoms with Gasteiger partial charge in [-0.05, 0) is 28.5 Å². The van der Waals surface area contributed by atoms with Crippen molar-refractivity contribution in [1.29, 1.82) is 0 Å². The molecule has 0 aromatic carbocycles. The smallest absolute Gasteiger partial charge is 0.237 e. The Labute approximate surface area is 86.2 Å². The van der Waals surface area contributed by atoms with E-state index in [-0.39, 0.29) is 0 Å². The second kappa shape index (κ2) is 3.64. The molecule has 0 amide bonds. The van der Waals surface area contributed by atoms with Crippen LogP contribution >= 0.6 is 22.6 Å². The second-order valence-corrected chi connectivity index (χ2v) is 4.01. The molecule has 0 fully saturated rings. The highest BCUT2D eigenvalue weighted by atomic mass is 127. The lowest BCUT2D eigenvalue weighted by atomic mass is 10.1. The SMILES string of the molecule is COc1nn(C)c(I)c1C(C)C. The van der Waals surface area contributed by atoms with Crippen LogP contribution in [0.5, 0.6) is 5.88 Å². The summed E-state index contributed by atoms with van der Waals surface area (Å²) in [6.45, 7) is 4.28. The van der Waals surface area contributed by atoms with Gasteiger partial charge in [0.2, 0.25) is 5.88 Å². The van der Waals surface area contributed by atoms with E-state index in [1.807, 2.05) is 11.7 Å². The molecule has 0 bridgehead atoms. The third-order valence-corrected chi connectivity index (χ3v) is 3.03. The van der Waals surface area contributed by atoms with Crippen LogP contribution in [0.3, 0.4) is 0 Å². The minimum Gasteiger partial charge on any atom is -0.480 e. The number of hydrogen-bond acceptors (Lipinski definition) is 2. The lowest BCUT2D eigenvalue weighted by Crippen LogP contribution is -1.95. The first-order valence-corrected chi connectivity index (χ1v) is 4.92. The van der Waals surface area contributed by atoms with E-state index in [0.717, 1.165) is 9.58 Å². The van der Waals surface area contributed by atoms with Gasteiger partial charge in [0.15, 0.2) is 0 Å². The molecule has 1 aromatic heterocycles. The first kappa shape index (κ1) is 9.83. The summed E-state index contributed by atoms with van der Waals surface area (Å²) in [5.74, 6) is 1.21. The zero-order valence-corrected chi connectivity index (χ0v) is 9.92. The van der Waals surface area contributed by atoms with E-state index in [1.165, 1.54) is 5.56 Å². The number of methoxy groups -OCH3 is 1. The average Bonchev–Trinajstić information content (AvgIpc) is 2.28. The zero-order valence-electron chi connectivity index (χ0n) is 7.76. The van der Waals surface area contributed by atoms with Crippen molar-refractivity contribution in [2.24, 2.45) is 7.05 Å². The van der Waals surface area contributed by atoms with Crippen LogP contribution in [0.15, 0.2) is 0 Å². The number of ether oxygens (including phenoxy) is 1. The summed E-state index contributed by atoms with van der Waals surface area (Å²) in [7, 11) is 3.58. The summed E-state index contributed by atoms with van der Waals surface area (Å²) < 4.78 is 8.17. The van der Waals surface area contributed by atoms with Crippen LogP contribution in [0.2, 0.25) is 0 Å². The van der Waals surface area contributed by atoms with Crippen molar-refractivity contribution in [3.05, 3.63) is 9.26 Å². The summed E-state index contributed by atoms with van der Waals surface area (Å²) in [5, 5.41) is 4.24. The molecule has 0 unspecified atom stereocenters. The second-order valence-electron chi connectivity index (χ2n) is 2.99. The summed E-state index contributed by atoms with van der Waals surface area (Å²) >= 11 is 2.28. The fourth-order valence-electron chi connectivity index (χ4n) is 1.13. The van der Waals surface area contributed by atoms with Gasteiger partial charge in [0.25, 0.3) is 0 Å². The van der Waals surface area contributed by atoms with Gasteiger partial charge in [0.1, 0.15) is 3.70 Å². The molecule has 0 radical (unpaired) electrons. The topological polar surface area (TPSA) is 27.1 Å². The van der Waals surface area contributed by atoms with E-state index in [0.29, 0.717) is 5.92 Å². The van der Waals surface area contributed by atoms with E-state index >= 15 is 0 Å². The minimum absolute atomic E-state index is 0.459. The largest absolute Gasteiger partial charge is 0.480 e. The van der Waals surface area contributed by atoms with Crippen LogP contribution in [0, 0.1) is 3.70 Å². The van der Waals surface area contributed by atoms with Gasteiger partial charge in [-0.3, -0.25) is 4.68 Å². The molecule has 1 aromatic rings. The number of hydrogen-bond donors (Lipinski definition) is 0. The van der Waals surface area contributed by atoms with Crippen LogP contribution in [-0.4, -0.2) is 16.9 Å². The van der Waals surface area contributed by atoms with Crippen molar-refractivity contribution in [3.63, 3.8) is 0 Å². The van der Waals surface area contributed by atoms with Crippen LogP contribution in [-0.2, 0) is 7.05 Å². The molecule has 0 atom stereocenters. The molecule has 1 heterocycles. The molecule has 1 rings (SSSR count). The lowest BCUT2D eigenvalue weighted by Gasteiger charge is -2.04. The van der Waals surface area contributed by atoms with Crippen molar-refractivity contribution in [2.75, 3.05) is 7.11 Å². The Kier molecular flexibility index (Phi) is 2.98. The van der Waals surface area contributed by atoms with E-state index < -0.39 is 0 Å². The summed E-state index contributed by atoms with van der Waals surface area (Å²) in [6.07, 6.45) is 0. The van der Waals surface area contributed by atoms with Crippen molar-refractivity contribution in [3.8, 4) is 5.88 Å². The van der Waals surface area contributed by atoms with E-state index in [4.69, 9.17) is 4.74 Å². The number of aryl methyl sites for hydroxylation is 1. The van der Waals surface area contributed by atoms with Crippen molar-refractivity contribution >= 4 is 22.6 Å². The molecule has 12 heavy (non-hydrogen) atoms. The summed E-state index contributed by atoms with van der Waals surface area (Å²) in [4.78, 5) is 0. The van der Waals surface area contributed by atoms with E-state index in [2.05, 4.69) is 41.5 Å². The molecule has 0 aliphatic carbocycles. The fourth-order valence-corrected chi connectivity index (χ4v) is 2.09. The van der Waals surface area contributed by atoms with Crippen LogP contribution in [0.25, 0.3) is 0 Å². The van der Waals surface area contributed by atoms with Gasteiger partial charge in [0, 0.05) is 12.6 Å². The van der Waals surface area contributed by atoms with Gasteiger partial charge in [-0.25, -0.2) is 0 Å². The molecule has 3 nitrogen and oxygen atoms in total. The van der Waals surface area contributed by atoms with Gasteiger partial charge < -0.3 is 4.74 Å². The number of rotatable bonds is 2. The van der Waals surface area contributed by atoms with E-state index in [9.17, 15) is 0 Å². The van der Waals surface area contributed by atoms with Gasteiger partial charge in [-0.2, -0.15) is 0 Å². The molecule has 0 aliphatic rings. The van der Waals surface area contributed by atoms with Gasteiger partial charge in [-0.15, -0.1) is 5.10 Å². The van der Waals surface area contributed by atoms with Crippen LogP contribution in [0.1, 0.15) is 25.3 Å². The molecular formula is C8H13IN2O. The molecule has 0 saturated carbocycles. The lowest BCUT2D eigenvalue weighted by molar-refractivity contribution is 0.386. The van der Waals surface area contributed by atoms with Crippen molar-refractivity contribution < 1.29 is 4.74 Å². The minimum atomic E-state index is 0.459. The van der Waals surface area contributed by atoms with Gasteiger partial charge >= 0.3 is 0 Å². The first-order valence-electron chi connectivity index (χ1n) is 3.84. The summed E-state index contributed by atoms with van der Waals surface area (Å²) in [5.41, 5.74) is 1.20. The Morgan fingerprint density at radius 2 is 2.08 bits per heavy atom. The van der Waals surface area contributed by atoms with Crippen molar-refractivity contribution in [1.82, 2.24) is 9.78 Å². The molecule has 0 spiro atoms. The highest BCUT2D eigenvalue weighted by Gasteiger charge is 2.16. The number of nitrogens with zero attached hydrogens (tertiary/aromatic N) is 2. The number of halogens is 1. The molecule has 68 valence electrons. The van der Waals surface area contributed by atoms with E-state index in [1.54, 1.807) is 7.11 Å². The molecule has 0 N–H and O–H groups in total. The molecule has 0 aliphatic heterocycles. The highest BCUT2D eigenvalue weighted by molar-refractivity contribution is 14.1. The maximum absolute atomic E-state index is 5.17. The third kappa shape index (κ3) is 1.57. The Hall–Kier alpha value is -0.260. The normalized spacial score (nSPS) is 10.8. The Bertz CT molecular complexity index is 281. The zero-order chi connectivity index (χ0) is 9.30. The quantitative estimate of drug-likeness (QED) is 0.776. The maximum atomic E-state index is 5.17. The third-order valence-electron chi connectivity index (χ3n) is 1.75. The fraction of sp³-hybridized carbons (Fsp3) is 0.625. The Morgan fingerprint density at radius 1 is 1.50 bits per heavy atom. The van der Waals surface area contributed by atoms with Gasteiger partial charge in [-0.1, -0.05) is 13.8 Å². The van der Waals surface area contributed by atoms with Crippen LogP contribution in [0.4, 0.5) is 0 Å². The molecular weight excluding hydrogens is 267 g/mol. The highest BCUT2D eigenvalue weighted by Crippen LogP contribution is 2.29. The monoisotopic (exact) mass is 280 g/mol. The standard InChI is InChI=1S/C8H13IN2O/c1-5(2)6-7(9)11(3)10-8(6)12-4/h5H,1-4H3. The Morgan fingerprint density at radius 3 is 2.42 bits per heavy atom. The first-order chi connectivity index (χ1) is 5.57. The Balaban J connectivity index is 3.21. The van der Waals surface area contributed by atoms with Crippen LogP contribution < -0.4 is 4.74 Å². The predicted molar refractivity (Wildman–Crippen MR) is 56.6 cm³/mol. The maximum Gasteiger partial charge on any atom is 0.237 e. The van der Waals surface area contributed by atoms with Gasteiger partial charge in [0.05, 0.1) is 7.11 Å². The number of aromatic nitrogens is 2. The average molecular weight is 280 g/mol. The predicted octanol–water partition coefficient (Wildman–Crippen LogP) is 2.16. The van der Waals surface area contributed by atoms with Crippen molar-refractivity contribution in [2.45, 2.75) is 19.8 Å².